The molecular weight excluding hydrogens is 318 g/mol. The fourth-order valence-corrected chi connectivity index (χ4v) is 2.45. The maximum Gasteiger partial charge on any atom is 0.237 e. The van der Waals surface area contributed by atoms with E-state index in [4.69, 9.17) is 10.5 Å². The van der Waals surface area contributed by atoms with Crippen LogP contribution >= 0.6 is 12.4 Å². The topological polar surface area (TPSA) is 93.5 Å². The molecule has 0 bridgehead atoms. The maximum atomic E-state index is 12.0. The van der Waals surface area contributed by atoms with Crippen molar-refractivity contribution < 1.29 is 14.3 Å². The minimum Gasteiger partial charge on any atom is -0.381 e. The van der Waals surface area contributed by atoms with Crippen LogP contribution in [0.25, 0.3) is 0 Å². The number of benzene rings is 1. The highest BCUT2D eigenvalue weighted by Gasteiger charge is 2.26. The van der Waals surface area contributed by atoms with Crippen molar-refractivity contribution in [3.05, 3.63) is 30.3 Å². The standard InChI is InChI=1S/C16H23N3O3.ClH/c17-15(12-7-10-22-11-8-12)16(21)18-9-6-14(20)19-13-4-2-1-3-5-13;/h1-5,12,15H,6-11,17H2,(H,18,21)(H,19,20);1H. The third-order valence-electron chi connectivity index (χ3n) is 3.79. The Balaban J connectivity index is 0.00000264. The molecule has 6 nitrogen and oxygen atoms in total. The molecule has 1 aromatic rings. The van der Waals surface area contributed by atoms with Crippen molar-refractivity contribution in [2.75, 3.05) is 25.1 Å². The highest BCUT2D eigenvalue weighted by molar-refractivity contribution is 5.91. The van der Waals surface area contributed by atoms with E-state index < -0.39 is 6.04 Å². The first-order chi connectivity index (χ1) is 10.7. The van der Waals surface area contributed by atoms with Gasteiger partial charge in [0.25, 0.3) is 0 Å². The van der Waals surface area contributed by atoms with Crippen LogP contribution in [0, 0.1) is 5.92 Å². The second-order valence-electron chi connectivity index (χ2n) is 5.43. The van der Waals surface area contributed by atoms with E-state index in [0.717, 1.165) is 18.5 Å². The zero-order valence-corrected chi connectivity index (χ0v) is 13.8. The van der Waals surface area contributed by atoms with Gasteiger partial charge in [0.2, 0.25) is 11.8 Å². The molecule has 1 unspecified atom stereocenters. The third-order valence-corrected chi connectivity index (χ3v) is 3.79. The van der Waals surface area contributed by atoms with E-state index in [0.29, 0.717) is 13.2 Å². The molecule has 1 fully saturated rings. The normalized spacial score (nSPS) is 16.0. The summed E-state index contributed by atoms with van der Waals surface area (Å²) in [6, 6.07) is 8.69. The number of anilines is 1. The number of nitrogens with two attached hydrogens (primary N) is 1. The van der Waals surface area contributed by atoms with Gasteiger partial charge in [0.15, 0.2) is 0 Å². The van der Waals surface area contributed by atoms with Crippen LogP contribution in [0.15, 0.2) is 30.3 Å². The van der Waals surface area contributed by atoms with Gasteiger partial charge in [-0.25, -0.2) is 0 Å². The molecule has 2 rings (SSSR count). The fraction of sp³-hybridized carbons (Fsp3) is 0.500. The number of para-hydroxylation sites is 1. The number of ether oxygens (including phenoxy) is 1. The number of hydrogen-bond acceptors (Lipinski definition) is 4. The largest absolute Gasteiger partial charge is 0.381 e. The molecule has 7 heteroatoms. The Morgan fingerprint density at radius 3 is 2.52 bits per heavy atom. The van der Waals surface area contributed by atoms with Gasteiger partial charge in [-0.3, -0.25) is 9.59 Å². The Labute approximate surface area is 142 Å². The zero-order chi connectivity index (χ0) is 15.8. The molecule has 2 amide bonds. The van der Waals surface area contributed by atoms with Crippen LogP contribution in [0.1, 0.15) is 19.3 Å². The minimum atomic E-state index is -0.527. The predicted molar refractivity (Wildman–Crippen MR) is 91.5 cm³/mol. The quantitative estimate of drug-likeness (QED) is 0.727. The van der Waals surface area contributed by atoms with Gasteiger partial charge < -0.3 is 21.1 Å². The smallest absolute Gasteiger partial charge is 0.237 e. The molecule has 1 atom stereocenters. The highest BCUT2D eigenvalue weighted by atomic mass is 35.5. The van der Waals surface area contributed by atoms with Crippen LogP contribution in [-0.2, 0) is 14.3 Å². The van der Waals surface area contributed by atoms with Gasteiger partial charge in [0.05, 0.1) is 6.04 Å². The fourth-order valence-electron chi connectivity index (χ4n) is 2.45. The van der Waals surface area contributed by atoms with Gasteiger partial charge >= 0.3 is 0 Å². The summed E-state index contributed by atoms with van der Waals surface area (Å²) in [6.45, 7) is 1.60. The van der Waals surface area contributed by atoms with Crippen molar-refractivity contribution in [1.29, 1.82) is 0 Å². The maximum absolute atomic E-state index is 12.0. The molecular formula is C16H24ClN3O3. The van der Waals surface area contributed by atoms with Gasteiger partial charge in [-0.15, -0.1) is 12.4 Å². The van der Waals surface area contributed by atoms with Crippen LogP contribution in [0.4, 0.5) is 5.69 Å². The first-order valence-corrected chi connectivity index (χ1v) is 7.63. The van der Waals surface area contributed by atoms with E-state index >= 15 is 0 Å². The van der Waals surface area contributed by atoms with Crippen molar-refractivity contribution in [2.45, 2.75) is 25.3 Å². The minimum absolute atomic E-state index is 0. The second kappa shape index (κ2) is 10.2. The molecule has 128 valence electrons. The summed E-state index contributed by atoms with van der Waals surface area (Å²) in [5, 5.41) is 5.50. The lowest BCUT2D eigenvalue weighted by atomic mass is 9.92. The molecule has 0 radical (unpaired) electrons. The molecule has 1 saturated heterocycles. The van der Waals surface area contributed by atoms with Crippen LogP contribution < -0.4 is 16.4 Å². The van der Waals surface area contributed by atoms with Crippen molar-refractivity contribution in [3.8, 4) is 0 Å². The summed E-state index contributed by atoms with van der Waals surface area (Å²) in [5.41, 5.74) is 6.71. The molecule has 23 heavy (non-hydrogen) atoms. The zero-order valence-electron chi connectivity index (χ0n) is 13.0. The van der Waals surface area contributed by atoms with E-state index in [1.54, 1.807) is 0 Å². The summed E-state index contributed by atoms with van der Waals surface area (Å²) in [4.78, 5) is 23.7. The lowest BCUT2D eigenvalue weighted by molar-refractivity contribution is -0.124. The first-order valence-electron chi connectivity index (χ1n) is 7.63. The average molecular weight is 342 g/mol. The van der Waals surface area contributed by atoms with Crippen molar-refractivity contribution >= 4 is 29.9 Å². The number of carbonyl (C=O) groups is 2. The van der Waals surface area contributed by atoms with E-state index in [1.165, 1.54) is 0 Å². The second-order valence-corrected chi connectivity index (χ2v) is 5.43. The monoisotopic (exact) mass is 341 g/mol. The summed E-state index contributed by atoms with van der Waals surface area (Å²) in [6.07, 6.45) is 1.84. The molecule has 4 N–H and O–H groups in total. The molecule has 1 aliphatic heterocycles. The van der Waals surface area contributed by atoms with Crippen molar-refractivity contribution in [3.63, 3.8) is 0 Å². The lowest BCUT2D eigenvalue weighted by Crippen LogP contribution is -2.47. The lowest BCUT2D eigenvalue weighted by Gasteiger charge is -2.26. The Morgan fingerprint density at radius 1 is 1.22 bits per heavy atom. The molecule has 1 aromatic carbocycles. The van der Waals surface area contributed by atoms with Gasteiger partial charge in [-0.2, -0.15) is 0 Å². The molecule has 0 spiro atoms. The third kappa shape index (κ3) is 6.56. The van der Waals surface area contributed by atoms with Gasteiger partial charge in [-0.05, 0) is 30.9 Å². The van der Waals surface area contributed by atoms with E-state index in [-0.39, 0.29) is 43.1 Å². The number of carbonyl (C=O) groups excluding carboxylic acids is 2. The van der Waals surface area contributed by atoms with E-state index in [9.17, 15) is 9.59 Å². The van der Waals surface area contributed by atoms with Gasteiger partial charge in [0, 0.05) is 31.9 Å². The van der Waals surface area contributed by atoms with Crippen molar-refractivity contribution in [2.24, 2.45) is 11.7 Å². The van der Waals surface area contributed by atoms with E-state index in [1.807, 2.05) is 30.3 Å². The molecule has 0 aromatic heterocycles. The number of hydrogen-bond donors (Lipinski definition) is 3. The molecule has 1 heterocycles. The summed E-state index contributed by atoms with van der Waals surface area (Å²) in [7, 11) is 0. The van der Waals surface area contributed by atoms with Crippen LogP contribution in [0.3, 0.4) is 0 Å². The number of rotatable bonds is 6. The number of halogens is 1. The first kappa shape index (κ1) is 19.4. The number of amides is 2. The molecule has 0 aliphatic carbocycles. The Morgan fingerprint density at radius 2 is 1.87 bits per heavy atom. The molecule has 1 aliphatic rings. The summed E-state index contributed by atoms with van der Waals surface area (Å²) >= 11 is 0. The summed E-state index contributed by atoms with van der Waals surface area (Å²) in [5.74, 6) is -0.169. The van der Waals surface area contributed by atoms with Crippen molar-refractivity contribution in [1.82, 2.24) is 5.32 Å². The van der Waals surface area contributed by atoms with Crippen LogP contribution in [-0.4, -0.2) is 37.6 Å². The Hall–Kier alpha value is -1.63. The molecule has 0 saturated carbocycles. The van der Waals surface area contributed by atoms with Gasteiger partial charge in [0.1, 0.15) is 0 Å². The average Bonchev–Trinajstić information content (AvgIpc) is 2.55. The van der Waals surface area contributed by atoms with E-state index in [2.05, 4.69) is 10.6 Å². The highest BCUT2D eigenvalue weighted by Crippen LogP contribution is 2.17. The summed E-state index contributed by atoms with van der Waals surface area (Å²) < 4.78 is 5.26. The predicted octanol–water partition coefficient (Wildman–Crippen LogP) is 1.31. The van der Waals surface area contributed by atoms with Crippen LogP contribution in [0.2, 0.25) is 0 Å². The van der Waals surface area contributed by atoms with Crippen LogP contribution in [0.5, 0.6) is 0 Å². The Bertz CT molecular complexity index is 493. The SMILES string of the molecule is Cl.NC(C(=O)NCCC(=O)Nc1ccccc1)C1CCOCC1. The van der Waals surface area contributed by atoms with Gasteiger partial charge in [-0.1, -0.05) is 18.2 Å². The number of nitrogens with one attached hydrogen (secondary N) is 2. The Kier molecular flexibility index (Phi) is 8.61.